The molecule has 0 saturated carbocycles. The lowest BCUT2D eigenvalue weighted by molar-refractivity contribution is 0.178. The minimum Gasteiger partial charge on any atom is -0.385 e. The Labute approximate surface area is 78.7 Å². The summed E-state index contributed by atoms with van der Waals surface area (Å²) >= 11 is 0. The predicted octanol–water partition coefficient (Wildman–Crippen LogP) is 0.939. The van der Waals surface area contributed by atoms with Crippen LogP contribution >= 0.6 is 0 Å². The zero-order valence-electron chi connectivity index (χ0n) is 8.23. The van der Waals surface area contributed by atoms with E-state index in [-0.39, 0.29) is 0 Å². The number of hydrogen-bond donors (Lipinski definition) is 1. The highest BCUT2D eigenvalue weighted by molar-refractivity contribution is 5.03. The highest BCUT2D eigenvalue weighted by Crippen LogP contribution is 2.10. The normalized spacial score (nSPS) is 13.2. The summed E-state index contributed by atoms with van der Waals surface area (Å²) in [5.74, 6) is 0. The second-order valence-corrected chi connectivity index (χ2v) is 3.16. The molecule has 4 nitrogen and oxygen atoms in total. The minimum atomic E-state index is 0.375. The van der Waals surface area contributed by atoms with Crippen molar-refractivity contribution >= 4 is 0 Å². The monoisotopic (exact) mass is 183 g/mol. The fourth-order valence-electron chi connectivity index (χ4n) is 1.14. The van der Waals surface area contributed by atoms with E-state index in [4.69, 9.17) is 10.5 Å². The SMILES string of the molecule is COCCC(C)n1cc(CN)cn1. The summed E-state index contributed by atoms with van der Waals surface area (Å²) in [6.45, 7) is 3.43. The highest BCUT2D eigenvalue weighted by atomic mass is 16.5. The van der Waals surface area contributed by atoms with Gasteiger partial charge >= 0.3 is 0 Å². The van der Waals surface area contributed by atoms with Crippen molar-refractivity contribution < 1.29 is 4.74 Å². The van der Waals surface area contributed by atoms with Crippen LogP contribution in [0.2, 0.25) is 0 Å². The van der Waals surface area contributed by atoms with E-state index < -0.39 is 0 Å². The molecular weight excluding hydrogens is 166 g/mol. The molecule has 13 heavy (non-hydrogen) atoms. The quantitative estimate of drug-likeness (QED) is 0.739. The van der Waals surface area contributed by atoms with Crippen LogP contribution in [0.3, 0.4) is 0 Å². The number of rotatable bonds is 5. The van der Waals surface area contributed by atoms with Crippen LogP contribution in [0.5, 0.6) is 0 Å². The van der Waals surface area contributed by atoms with Gasteiger partial charge in [0.15, 0.2) is 0 Å². The van der Waals surface area contributed by atoms with Gasteiger partial charge in [0.1, 0.15) is 0 Å². The van der Waals surface area contributed by atoms with E-state index in [1.165, 1.54) is 0 Å². The molecule has 1 unspecified atom stereocenters. The van der Waals surface area contributed by atoms with Crippen LogP contribution in [0.15, 0.2) is 12.4 Å². The maximum atomic E-state index is 5.49. The second-order valence-electron chi connectivity index (χ2n) is 3.16. The summed E-state index contributed by atoms with van der Waals surface area (Å²) < 4.78 is 6.93. The van der Waals surface area contributed by atoms with E-state index in [0.717, 1.165) is 18.6 Å². The molecule has 0 radical (unpaired) electrons. The maximum Gasteiger partial charge on any atom is 0.0534 e. The van der Waals surface area contributed by atoms with Crippen LogP contribution < -0.4 is 5.73 Å². The van der Waals surface area contributed by atoms with Crippen LogP contribution in [0.1, 0.15) is 24.9 Å². The van der Waals surface area contributed by atoms with Crippen molar-refractivity contribution in [1.29, 1.82) is 0 Å². The molecular formula is C9H17N3O. The Balaban J connectivity index is 2.50. The standard InChI is InChI=1S/C9H17N3O/c1-8(3-4-13-2)12-7-9(5-10)6-11-12/h6-8H,3-5,10H2,1-2H3. The van der Waals surface area contributed by atoms with Gasteiger partial charge in [-0.2, -0.15) is 5.10 Å². The lowest BCUT2D eigenvalue weighted by atomic mass is 10.2. The molecule has 1 aromatic heterocycles. The van der Waals surface area contributed by atoms with Gasteiger partial charge in [0.25, 0.3) is 0 Å². The maximum absolute atomic E-state index is 5.49. The fourth-order valence-corrected chi connectivity index (χ4v) is 1.14. The Morgan fingerprint density at radius 3 is 3.00 bits per heavy atom. The first kappa shape index (κ1) is 10.2. The van der Waals surface area contributed by atoms with E-state index in [9.17, 15) is 0 Å². The van der Waals surface area contributed by atoms with Gasteiger partial charge in [-0.05, 0) is 13.3 Å². The number of methoxy groups -OCH3 is 1. The van der Waals surface area contributed by atoms with Crippen LogP contribution in [0, 0.1) is 0 Å². The topological polar surface area (TPSA) is 53.1 Å². The van der Waals surface area contributed by atoms with Gasteiger partial charge < -0.3 is 10.5 Å². The van der Waals surface area contributed by atoms with Gasteiger partial charge in [-0.1, -0.05) is 0 Å². The van der Waals surface area contributed by atoms with Crippen molar-refractivity contribution in [3.05, 3.63) is 18.0 Å². The molecule has 1 atom stereocenters. The lowest BCUT2D eigenvalue weighted by Crippen LogP contribution is -2.08. The number of nitrogens with zero attached hydrogens (tertiary/aromatic N) is 2. The molecule has 1 aromatic rings. The molecule has 4 heteroatoms. The third-order valence-electron chi connectivity index (χ3n) is 2.08. The summed E-state index contributed by atoms with van der Waals surface area (Å²) in [7, 11) is 1.71. The van der Waals surface area contributed by atoms with Crippen molar-refractivity contribution in [3.8, 4) is 0 Å². The molecule has 0 spiro atoms. The Hall–Kier alpha value is -0.870. The molecule has 0 aromatic carbocycles. The molecule has 0 fully saturated rings. The van der Waals surface area contributed by atoms with E-state index in [0.29, 0.717) is 12.6 Å². The largest absolute Gasteiger partial charge is 0.385 e. The second kappa shape index (κ2) is 4.99. The Kier molecular flexibility index (Phi) is 3.92. The summed E-state index contributed by atoms with van der Waals surface area (Å²) in [4.78, 5) is 0. The Morgan fingerprint density at radius 1 is 1.69 bits per heavy atom. The fraction of sp³-hybridized carbons (Fsp3) is 0.667. The lowest BCUT2D eigenvalue weighted by Gasteiger charge is -2.10. The Morgan fingerprint density at radius 2 is 2.46 bits per heavy atom. The minimum absolute atomic E-state index is 0.375. The van der Waals surface area contributed by atoms with Crippen molar-refractivity contribution in [2.24, 2.45) is 5.73 Å². The summed E-state index contributed by atoms with van der Waals surface area (Å²) in [5.41, 5.74) is 6.56. The molecule has 1 rings (SSSR count). The van der Waals surface area contributed by atoms with Gasteiger partial charge in [-0.25, -0.2) is 0 Å². The zero-order valence-corrected chi connectivity index (χ0v) is 8.23. The predicted molar refractivity (Wildman–Crippen MR) is 51.3 cm³/mol. The molecule has 1 heterocycles. The molecule has 0 aliphatic carbocycles. The van der Waals surface area contributed by atoms with Gasteiger partial charge in [-0.3, -0.25) is 4.68 Å². The molecule has 0 aliphatic heterocycles. The molecule has 0 saturated heterocycles. The first-order chi connectivity index (χ1) is 6.27. The van der Waals surface area contributed by atoms with Crippen molar-refractivity contribution in [2.45, 2.75) is 25.9 Å². The van der Waals surface area contributed by atoms with E-state index >= 15 is 0 Å². The van der Waals surface area contributed by atoms with Gasteiger partial charge in [0.05, 0.1) is 12.2 Å². The number of hydrogen-bond acceptors (Lipinski definition) is 3. The highest BCUT2D eigenvalue weighted by Gasteiger charge is 2.05. The third kappa shape index (κ3) is 2.82. The first-order valence-corrected chi connectivity index (χ1v) is 4.50. The van der Waals surface area contributed by atoms with Gasteiger partial charge in [-0.15, -0.1) is 0 Å². The average Bonchev–Trinajstić information content (AvgIpc) is 2.62. The van der Waals surface area contributed by atoms with Crippen LogP contribution in [0.4, 0.5) is 0 Å². The van der Waals surface area contributed by atoms with Crippen LogP contribution in [-0.4, -0.2) is 23.5 Å². The van der Waals surface area contributed by atoms with E-state index in [1.54, 1.807) is 7.11 Å². The first-order valence-electron chi connectivity index (χ1n) is 4.50. The summed E-state index contributed by atoms with van der Waals surface area (Å²) in [5, 5.41) is 4.22. The smallest absolute Gasteiger partial charge is 0.0534 e. The van der Waals surface area contributed by atoms with Crippen LogP contribution in [-0.2, 0) is 11.3 Å². The zero-order chi connectivity index (χ0) is 9.68. The molecule has 2 N–H and O–H groups in total. The molecule has 74 valence electrons. The number of aromatic nitrogens is 2. The average molecular weight is 183 g/mol. The van der Waals surface area contributed by atoms with Gasteiger partial charge in [0, 0.05) is 32.0 Å². The van der Waals surface area contributed by atoms with Crippen molar-refractivity contribution in [1.82, 2.24) is 9.78 Å². The molecule has 0 bridgehead atoms. The van der Waals surface area contributed by atoms with Crippen molar-refractivity contribution in [2.75, 3.05) is 13.7 Å². The van der Waals surface area contributed by atoms with E-state index in [1.807, 2.05) is 17.1 Å². The van der Waals surface area contributed by atoms with Gasteiger partial charge in [0.2, 0.25) is 0 Å². The molecule has 0 amide bonds. The Bertz CT molecular complexity index is 247. The number of ether oxygens (including phenoxy) is 1. The summed E-state index contributed by atoms with van der Waals surface area (Å²) in [6, 6.07) is 0.375. The molecule has 0 aliphatic rings. The van der Waals surface area contributed by atoms with Crippen LogP contribution in [0.25, 0.3) is 0 Å². The summed E-state index contributed by atoms with van der Waals surface area (Å²) in [6.07, 6.45) is 4.77. The third-order valence-corrected chi connectivity index (χ3v) is 2.08. The van der Waals surface area contributed by atoms with E-state index in [2.05, 4.69) is 12.0 Å². The van der Waals surface area contributed by atoms with Crippen molar-refractivity contribution in [3.63, 3.8) is 0 Å². The number of nitrogens with two attached hydrogens (primary N) is 1.